The number of ether oxygens (including phenoxy) is 1. The van der Waals surface area contributed by atoms with Crippen molar-refractivity contribution in [2.75, 3.05) is 7.11 Å². The van der Waals surface area contributed by atoms with E-state index in [-0.39, 0.29) is 6.04 Å². The maximum atomic E-state index is 11.9. The molecule has 2 N–H and O–H groups in total. The van der Waals surface area contributed by atoms with E-state index in [1.807, 2.05) is 31.2 Å². The number of alkyl carbamates (subject to hydrolysis) is 1. The molecule has 22 heavy (non-hydrogen) atoms. The van der Waals surface area contributed by atoms with Crippen LogP contribution in [0.4, 0.5) is 4.79 Å². The molecule has 116 valence electrons. The standard InChI is InChI=1S/C17H20N2O3/c1-11(18-12(2)16(20)19-17(21)22-3)14-10-6-8-13-7-4-5-9-15(13)14/h4-12,18H,1-3H3,(H,19,20,21)/t11-,12+/m1/s1. The molecule has 2 rings (SSSR count). The molecule has 2 aromatic rings. The summed E-state index contributed by atoms with van der Waals surface area (Å²) in [5, 5.41) is 7.66. The van der Waals surface area contributed by atoms with Crippen molar-refractivity contribution < 1.29 is 14.3 Å². The van der Waals surface area contributed by atoms with Crippen LogP contribution in [0.1, 0.15) is 25.5 Å². The van der Waals surface area contributed by atoms with Crippen LogP contribution in [0.2, 0.25) is 0 Å². The van der Waals surface area contributed by atoms with Gasteiger partial charge in [0.2, 0.25) is 5.91 Å². The molecule has 0 aliphatic heterocycles. The fourth-order valence-corrected chi connectivity index (χ4v) is 2.43. The smallest absolute Gasteiger partial charge is 0.413 e. The van der Waals surface area contributed by atoms with Crippen LogP contribution in [0.15, 0.2) is 42.5 Å². The summed E-state index contributed by atoms with van der Waals surface area (Å²) in [7, 11) is 1.22. The van der Waals surface area contributed by atoms with E-state index in [1.165, 1.54) is 7.11 Å². The van der Waals surface area contributed by atoms with Gasteiger partial charge in [-0.05, 0) is 30.2 Å². The van der Waals surface area contributed by atoms with Crippen molar-refractivity contribution >= 4 is 22.8 Å². The summed E-state index contributed by atoms with van der Waals surface area (Å²) in [6.45, 7) is 3.70. The minimum atomic E-state index is -0.753. The van der Waals surface area contributed by atoms with Crippen molar-refractivity contribution in [2.24, 2.45) is 0 Å². The third-order valence-corrected chi connectivity index (χ3v) is 3.59. The topological polar surface area (TPSA) is 67.4 Å². The average Bonchev–Trinajstić information content (AvgIpc) is 2.53. The molecule has 0 aromatic heterocycles. The second-order valence-corrected chi connectivity index (χ2v) is 5.16. The zero-order chi connectivity index (χ0) is 16.1. The van der Waals surface area contributed by atoms with E-state index in [4.69, 9.17) is 0 Å². The Bertz CT molecular complexity index is 679. The highest BCUT2D eigenvalue weighted by Gasteiger charge is 2.19. The molecule has 0 saturated heterocycles. The summed E-state index contributed by atoms with van der Waals surface area (Å²) in [6, 6.07) is 13.6. The number of hydrogen-bond acceptors (Lipinski definition) is 4. The largest absolute Gasteiger partial charge is 0.453 e. The van der Waals surface area contributed by atoms with Crippen LogP contribution < -0.4 is 10.6 Å². The van der Waals surface area contributed by atoms with Gasteiger partial charge in [-0.15, -0.1) is 0 Å². The number of carbonyl (C=O) groups excluding carboxylic acids is 2. The molecule has 0 saturated carbocycles. The molecule has 0 heterocycles. The number of benzene rings is 2. The van der Waals surface area contributed by atoms with Crippen LogP contribution in [-0.2, 0) is 9.53 Å². The number of rotatable bonds is 4. The normalized spacial score (nSPS) is 13.4. The van der Waals surface area contributed by atoms with Crippen molar-refractivity contribution in [3.63, 3.8) is 0 Å². The van der Waals surface area contributed by atoms with Gasteiger partial charge >= 0.3 is 6.09 Å². The zero-order valence-corrected chi connectivity index (χ0v) is 12.9. The highest BCUT2D eigenvalue weighted by molar-refractivity contribution is 5.94. The van der Waals surface area contributed by atoms with Gasteiger partial charge in [0.05, 0.1) is 13.2 Å². The summed E-state index contributed by atoms with van der Waals surface area (Å²) in [5.41, 5.74) is 1.11. The number of amides is 2. The molecule has 5 heteroatoms. The predicted octanol–water partition coefficient (Wildman–Crippen LogP) is 2.76. The Labute approximate surface area is 129 Å². The van der Waals surface area contributed by atoms with Gasteiger partial charge < -0.3 is 4.74 Å². The third-order valence-electron chi connectivity index (χ3n) is 3.59. The van der Waals surface area contributed by atoms with Crippen LogP contribution in [0, 0.1) is 0 Å². The lowest BCUT2D eigenvalue weighted by molar-refractivity contribution is -0.122. The van der Waals surface area contributed by atoms with Gasteiger partial charge in [0.15, 0.2) is 0 Å². The molecule has 0 aliphatic rings. The first-order valence-electron chi connectivity index (χ1n) is 7.15. The molecule has 0 unspecified atom stereocenters. The van der Waals surface area contributed by atoms with E-state index in [2.05, 4.69) is 33.6 Å². The molecule has 2 aromatic carbocycles. The minimum Gasteiger partial charge on any atom is -0.453 e. The van der Waals surface area contributed by atoms with Crippen molar-refractivity contribution in [1.29, 1.82) is 0 Å². The van der Waals surface area contributed by atoms with E-state index in [0.717, 1.165) is 16.3 Å². The first-order valence-corrected chi connectivity index (χ1v) is 7.15. The summed E-state index contributed by atoms with van der Waals surface area (Å²) in [4.78, 5) is 22.9. The van der Waals surface area contributed by atoms with E-state index in [0.29, 0.717) is 0 Å². The molecule has 0 aliphatic carbocycles. The molecule has 0 fully saturated rings. The van der Waals surface area contributed by atoms with Crippen LogP contribution in [0.3, 0.4) is 0 Å². The van der Waals surface area contributed by atoms with Crippen LogP contribution in [0.5, 0.6) is 0 Å². The molecule has 0 bridgehead atoms. The molecule has 5 nitrogen and oxygen atoms in total. The average molecular weight is 300 g/mol. The molecule has 0 spiro atoms. The lowest BCUT2D eigenvalue weighted by Gasteiger charge is -2.20. The fourth-order valence-electron chi connectivity index (χ4n) is 2.43. The maximum Gasteiger partial charge on any atom is 0.413 e. The second-order valence-electron chi connectivity index (χ2n) is 5.16. The lowest BCUT2D eigenvalue weighted by atomic mass is 9.99. The lowest BCUT2D eigenvalue weighted by Crippen LogP contribution is -2.45. The van der Waals surface area contributed by atoms with Crippen molar-refractivity contribution in [1.82, 2.24) is 10.6 Å². The molecular weight excluding hydrogens is 280 g/mol. The third kappa shape index (κ3) is 3.62. The maximum absolute atomic E-state index is 11.9. The highest BCUT2D eigenvalue weighted by atomic mass is 16.5. The monoisotopic (exact) mass is 300 g/mol. The van der Waals surface area contributed by atoms with Crippen LogP contribution in [0.25, 0.3) is 10.8 Å². The van der Waals surface area contributed by atoms with Crippen molar-refractivity contribution in [3.8, 4) is 0 Å². The Balaban J connectivity index is 2.12. The van der Waals surface area contributed by atoms with Gasteiger partial charge in [-0.2, -0.15) is 0 Å². The van der Waals surface area contributed by atoms with Gasteiger partial charge in [-0.3, -0.25) is 15.4 Å². The van der Waals surface area contributed by atoms with Crippen LogP contribution >= 0.6 is 0 Å². The Morgan fingerprint density at radius 3 is 2.45 bits per heavy atom. The Kier molecular flexibility index (Phi) is 5.12. The Morgan fingerprint density at radius 2 is 1.73 bits per heavy atom. The number of hydrogen-bond donors (Lipinski definition) is 2. The molecular formula is C17H20N2O3. The Morgan fingerprint density at radius 1 is 1.05 bits per heavy atom. The Hall–Kier alpha value is -2.40. The van der Waals surface area contributed by atoms with E-state index < -0.39 is 18.0 Å². The first-order chi connectivity index (χ1) is 10.5. The zero-order valence-electron chi connectivity index (χ0n) is 12.9. The fraction of sp³-hybridized carbons (Fsp3) is 0.294. The summed E-state index contributed by atoms with van der Waals surface area (Å²) in [6.07, 6.45) is -0.753. The SMILES string of the molecule is COC(=O)NC(=O)[C@H](C)N[C@H](C)c1cccc2ccccc12. The number of fused-ring (bicyclic) bond motifs is 1. The molecule has 0 radical (unpaired) electrons. The number of imide groups is 1. The number of methoxy groups -OCH3 is 1. The minimum absolute atomic E-state index is 0.0375. The van der Waals surface area contributed by atoms with Gasteiger partial charge in [-0.1, -0.05) is 42.5 Å². The predicted molar refractivity (Wildman–Crippen MR) is 85.5 cm³/mol. The van der Waals surface area contributed by atoms with E-state index in [9.17, 15) is 9.59 Å². The van der Waals surface area contributed by atoms with Gasteiger partial charge in [-0.25, -0.2) is 4.79 Å². The highest BCUT2D eigenvalue weighted by Crippen LogP contribution is 2.24. The van der Waals surface area contributed by atoms with Crippen molar-refractivity contribution in [2.45, 2.75) is 25.9 Å². The van der Waals surface area contributed by atoms with E-state index >= 15 is 0 Å². The summed E-state index contributed by atoms with van der Waals surface area (Å²) >= 11 is 0. The summed E-state index contributed by atoms with van der Waals surface area (Å²) < 4.78 is 4.42. The second kappa shape index (κ2) is 7.04. The number of carbonyl (C=O) groups is 2. The molecule has 2 amide bonds. The van der Waals surface area contributed by atoms with E-state index in [1.54, 1.807) is 6.92 Å². The number of nitrogens with one attached hydrogen (secondary N) is 2. The van der Waals surface area contributed by atoms with Gasteiger partial charge in [0.25, 0.3) is 0 Å². The van der Waals surface area contributed by atoms with Gasteiger partial charge in [0.1, 0.15) is 0 Å². The van der Waals surface area contributed by atoms with Gasteiger partial charge in [0, 0.05) is 6.04 Å². The quantitative estimate of drug-likeness (QED) is 0.911. The summed E-state index contributed by atoms with van der Waals surface area (Å²) in [5.74, 6) is -0.418. The molecule has 2 atom stereocenters. The van der Waals surface area contributed by atoms with Crippen molar-refractivity contribution in [3.05, 3.63) is 48.0 Å². The van der Waals surface area contributed by atoms with Crippen LogP contribution in [-0.4, -0.2) is 25.2 Å². The first kappa shape index (κ1) is 16.0.